The fourth-order valence-corrected chi connectivity index (χ4v) is 2.35. The first-order valence-corrected chi connectivity index (χ1v) is 6.33. The molecule has 0 aromatic carbocycles. The summed E-state index contributed by atoms with van der Waals surface area (Å²) >= 11 is 0. The van der Waals surface area contributed by atoms with Gasteiger partial charge in [0.15, 0.2) is 0 Å². The highest BCUT2D eigenvalue weighted by Gasteiger charge is 2.23. The lowest BCUT2D eigenvalue weighted by molar-refractivity contribution is 0.0408. The quantitative estimate of drug-likeness (QED) is 0.695. The van der Waals surface area contributed by atoms with Crippen LogP contribution in [0.3, 0.4) is 0 Å². The van der Waals surface area contributed by atoms with Crippen LogP contribution in [0.1, 0.15) is 26.2 Å². The zero-order chi connectivity index (χ0) is 12.0. The van der Waals surface area contributed by atoms with Crippen molar-refractivity contribution in [2.24, 2.45) is 11.7 Å². The lowest BCUT2D eigenvalue weighted by Crippen LogP contribution is -2.49. The average molecular weight is 230 g/mol. The third kappa shape index (κ3) is 4.01. The molecule has 1 fully saturated rings. The number of aliphatic hydroxyl groups excluding tert-OH is 1. The lowest BCUT2D eigenvalue weighted by atomic mass is 9.98. The summed E-state index contributed by atoms with van der Waals surface area (Å²) in [6, 6.07) is 0.155. The SMILES string of the molecule is CCC(N)C(CO)N(C)CC1CCOCC1. The molecule has 16 heavy (non-hydrogen) atoms. The topological polar surface area (TPSA) is 58.7 Å². The van der Waals surface area contributed by atoms with Crippen LogP contribution in [0.2, 0.25) is 0 Å². The highest BCUT2D eigenvalue weighted by molar-refractivity contribution is 4.80. The lowest BCUT2D eigenvalue weighted by Gasteiger charge is -2.34. The second kappa shape index (κ2) is 7.22. The summed E-state index contributed by atoms with van der Waals surface area (Å²) in [5.41, 5.74) is 6.01. The number of hydrogen-bond donors (Lipinski definition) is 2. The van der Waals surface area contributed by atoms with Crippen molar-refractivity contribution in [1.29, 1.82) is 0 Å². The van der Waals surface area contributed by atoms with E-state index in [4.69, 9.17) is 10.5 Å². The van der Waals surface area contributed by atoms with Gasteiger partial charge in [-0.15, -0.1) is 0 Å². The zero-order valence-electron chi connectivity index (χ0n) is 10.6. The molecule has 0 aromatic heterocycles. The standard InChI is InChI=1S/C12H26N2O2/c1-3-11(13)12(9-15)14(2)8-10-4-6-16-7-5-10/h10-12,15H,3-9,13H2,1-2H3. The van der Waals surface area contributed by atoms with E-state index < -0.39 is 0 Å². The molecule has 1 aliphatic heterocycles. The van der Waals surface area contributed by atoms with Gasteiger partial charge in [0.05, 0.1) is 6.61 Å². The summed E-state index contributed by atoms with van der Waals surface area (Å²) in [6.07, 6.45) is 3.16. The molecule has 3 N–H and O–H groups in total. The Bertz CT molecular complexity index is 184. The molecule has 1 aliphatic rings. The van der Waals surface area contributed by atoms with Gasteiger partial charge in [-0.25, -0.2) is 0 Å². The van der Waals surface area contributed by atoms with E-state index in [1.165, 1.54) is 0 Å². The number of rotatable bonds is 6. The summed E-state index contributed by atoms with van der Waals surface area (Å²) in [5.74, 6) is 0.692. The first-order chi connectivity index (χ1) is 7.69. The number of likely N-dealkylation sites (N-methyl/N-ethyl adjacent to an activating group) is 1. The van der Waals surface area contributed by atoms with E-state index in [0.717, 1.165) is 39.0 Å². The van der Waals surface area contributed by atoms with Crippen LogP contribution in [-0.4, -0.2) is 55.5 Å². The highest BCUT2D eigenvalue weighted by Crippen LogP contribution is 2.17. The predicted octanol–water partition coefficient (Wildman–Crippen LogP) is 0.443. The van der Waals surface area contributed by atoms with Crippen LogP contribution in [0.15, 0.2) is 0 Å². The van der Waals surface area contributed by atoms with E-state index >= 15 is 0 Å². The molecule has 0 bridgehead atoms. The smallest absolute Gasteiger partial charge is 0.0601 e. The Hall–Kier alpha value is -0.160. The van der Waals surface area contributed by atoms with Gasteiger partial charge in [0.1, 0.15) is 0 Å². The largest absolute Gasteiger partial charge is 0.395 e. The molecule has 2 atom stereocenters. The van der Waals surface area contributed by atoms with E-state index in [1.807, 2.05) is 0 Å². The van der Waals surface area contributed by atoms with E-state index in [2.05, 4.69) is 18.9 Å². The van der Waals surface area contributed by atoms with Crippen LogP contribution in [0, 0.1) is 5.92 Å². The predicted molar refractivity (Wildman–Crippen MR) is 65.3 cm³/mol. The molecule has 1 saturated heterocycles. The fourth-order valence-electron chi connectivity index (χ4n) is 2.35. The van der Waals surface area contributed by atoms with Gasteiger partial charge in [0.25, 0.3) is 0 Å². The van der Waals surface area contributed by atoms with Gasteiger partial charge >= 0.3 is 0 Å². The molecular weight excluding hydrogens is 204 g/mol. The minimum Gasteiger partial charge on any atom is -0.395 e. The molecule has 96 valence electrons. The number of hydrogen-bond acceptors (Lipinski definition) is 4. The summed E-state index contributed by atoms with van der Waals surface area (Å²) in [6.45, 7) is 4.98. The Morgan fingerprint density at radius 1 is 1.44 bits per heavy atom. The van der Waals surface area contributed by atoms with Crippen LogP contribution in [0.5, 0.6) is 0 Å². The maximum atomic E-state index is 9.38. The van der Waals surface area contributed by atoms with Crippen molar-refractivity contribution in [3.05, 3.63) is 0 Å². The summed E-state index contributed by atoms with van der Waals surface area (Å²) < 4.78 is 5.34. The van der Waals surface area contributed by atoms with Crippen LogP contribution >= 0.6 is 0 Å². The Morgan fingerprint density at radius 2 is 2.06 bits per heavy atom. The van der Waals surface area contributed by atoms with E-state index in [-0.39, 0.29) is 18.7 Å². The van der Waals surface area contributed by atoms with Crippen LogP contribution in [0.25, 0.3) is 0 Å². The van der Waals surface area contributed by atoms with Crippen LogP contribution in [-0.2, 0) is 4.74 Å². The number of aliphatic hydroxyl groups is 1. The van der Waals surface area contributed by atoms with Crippen molar-refractivity contribution in [2.45, 2.75) is 38.3 Å². The minimum absolute atomic E-state index is 0.0647. The molecule has 1 heterocycles. The van der Waals surface area contributed by atoms with Gasteiger partial charge in [0, 0.05) is 31.8 Å². The maximum Gasteiger partial charge on any atom is 0.0601 e. The van der Waals surface area contributed by atoms with E-state index in [1.54, 1.807) is 0 Å². The van der Waals surface area contributed by atoms with E-state index in [0.29, 0.717) is 5.92 Å². The van der Waals surface area contributed by atoms with E-state index in [9.17, 15) is 5.11 Å². The second-order valence-electron chi connectivity index (χ2n) is 4.82. The van der Waals surface area contributed by atoms with Crippen molar-refractivity contribution >= 4 is 0 Å². The third-order valence-electron chi connectivity index (χ3n) is 3.61. The Morgan fingerprint density at radius 3 is 2.56 bits per heavy atom. The Kier molecular flexibility index (Phi) is 6.28. The third-order valence-corrected chi connectivity index (χ3v) is 3.61. The van der Waals surface area contributed by atoms with Gasteiger partial charge in [-0.05, 0) is 32.2 Å². The summed E-state index contributed by atoms with van der Waals surface area (Å²) in [5, 5.41) is 9.38. The summed E-state index contributed by atoms with van der Waals surface area (Å²) in [4.78, 5) is 2.21. The first-order valence-electron chi connectivity index (χ1n) is 6.33. The number of ether oxygens (including phenoxy) is 1. The van der Waals surface area contributed by atoms with Crippen molar-refractivity contribution in [3.63, 3.8) is 0 Å². The van der Waals surface area contributed by atoms with Gasteiger partial charge in [-0.2, -0.15) is 0 Å². The molecule has 0 amide bonds. The van der Waals surface area contributed by atoms with Gasteiger partial charge in [0.2, 0.25) is 0 Å². The molecule has 1 rings (SSSR count). The van der Waals surface area contributed by atoms with Crippen molar-refractivity contribution in [1.82, 2.24) is 4.90 Å². The molecule has 4 heteroatoms. The average Bonchev–Trinajstić information content (AvgIpc) is 2.31. The molecule has 0 radical (unpaired) electrons. The van der Waals surface area contributed by atoms with Crippen molar-refractivity contribution in [3.8, 4) is 0 Å². The first kappa shape index (κ1) is 13.9. The molecular formula is C12H26N2O2. The Labute approximate surface area is 98.8 Å². The molecule has 0 aromatic rings. The van der Waals surface area contributed by atoms with Crippen molar-refractivity contribution < 1.29 is 9.84 Å². The Balaban J connectivity index is 2.38. The van der Waals surface area contributed by atoms with Gasteiger partial charge in [-0.3, -0.25) is 4.90 Å². The van der Waals surface area contributed by atoms with Crippen LogP contribution < -0.4 is 5.73 Å². The molecule has 2 unspecified atom stereocenters. The van der Waals surface area contributed by atoms with Crippen molar-refractivity contribution in [2.75, 3.05) is 33.4 Å². The summed E-state index contributed by atoms with van der Waals surface area (Å²) in [7, 11) is 2.06. The molecule has 4 nitrogen and oxygen atoms in total. The van der Waals surface area contributed by atoms with Gasteiger partial charge < -0.3 is 15.6 Å². The fraction of sp³-hybridized carbons (Fsp3) is 1.00. The number of nitrogens with two attached hydrogens (primary N) is 1. The monoisotopic (exact) mass is 230 g/mol. The highest BCUT2D eigenvalue weighted by atomic mass is 16.5. The molecule has 0 aliphatic carbocycles. The zero-order valence-corrected chi connectivity index (χ0v) is 10.6. The normalized spacial score (nSPS) is 22.3. The maximum absolute atomic E-state index is 9.38. The second-order valence-corrected chi connectivity index (χ2v) is 4.82. The minimum atomic E-state index is 0.0647. The van der Waals surface area contributed by atoms with Crippen LogP contribution in [0.4, 0.5) is 0 Å². The molecule has 0 saturated carbocycles. The van der Waals surface area contributed by atoms with Gasteiger partial charge in [-0.1, -0.05) is 6.92 Å². The number of nitrogens with zero attached hydrogens (tertiary/aromatic N) is 1. The molecule has 0 spiro atoms.